The minimum Gasteiger partial charge on any atom is -0.348 e. The first-order valence-electron chi connectivity index (χ1n) is 7.91. The lowest BCUT2D eigenvalue weighted by atomic mass is 10.1. The van der Waals surface area contributed by atoms with Crippen LogP contribution in [0.5, 0.6) is 0 Å². The van der Waals surface area contributed by atoms with Crippen molar-refractivity contribution in [2.45, 2.75) is 12.5 Å². The smallest absolute Gasteiger partial charge is 0.244 e. The van der Waals surface area contributed by atoms with Crippen LogP contribution >= 0.6 is 0 Å². The number of fused-ring (bicyclic) bond motifs is 1. The number of hydrogen-bond acceptors (Lipinski definition) is 3. The molecule has 1 amide bonds. The fourth-order valence-electron chi connectivity index (χ4n) is 2.62. The fourth-order valence-corrected chi connectivity index (χ4v) is 2.62. The number of H-pyrrole nitrogens is 1. The SMILES string of the molecule is NC[C@H](Cc1ccccc1)NC(=O)/C=C/c1c[nH]c2ncccc12. The van der Waals surface area contributed by atoms with Crippen molar-refractivity contribution in [3.63, 3.8) is 0 Å². The van der Waals surface area contributed by atoms with Crippen LogP contribution in [0.3, 0.4) is 0 Å². The summed E-state index contributed by atoms with van der Waals surface area (Å²) in [7, 11) is 0. The Bertz CT molecular complexity index is 839. The molecule has 2 aromatic heterocycles. The van der Waals surface area contributed by atoms with Gasteiger partial charge in [-0.15, -0.1) is 0 Å². The average Bonchev–Trinajstić information content (AvgIpc) is 3.03. The van der Waals surface area contributed by atoms with Crippen molar-refractivity contribution in [3.8, 4) is 0 Å². The van der Waals surface area contributed by atoms with Crippen LogP contribution in [-0.4, -0.2) is 28.5 Å². The van der Waals surface area contributed by atoms with E-state index in [1.807, 2.05) is 48.7 Å². The Kier molecular flexibility index (Phi) is 5.03. The van der Waals surface area contributed by atoms with Crippen LogP contribution in [0.2, 0.25) is 0 Å². The second kappa shape index (κ2) is 7.57. The topological polar surface area (TPSA) is 83.8 Å². The highest BCUT2D eigenvalue weighted by molar-refractivity contribution is 5.95. The van der Waals surface area contributed by atoms with Crippen molar-refractivity contribution in [3.05, 3.63) is 72.1 Å². The van der Waals surface area contributed by atoms with Gasteiger partial charge in [0.05, 0.1) is 0 Å². The van der Waals surface area contributed by atoms with E-state index in [0.717, 1.165) is 22.2 Å². The standard InChI is InChI=1S/C19H20N4O/c20-12-16(11-14-5-2-1-3-6-14)23-18(24)9-8-15-13-22-19-17(15)7-4-10-21-19/h1-10,13,16H,11-12,20H2,(H,21,22)(H,23,24)/b9-8+/t16-/m0/s1. The van der Waals surface area contributed by atoms with Crippen LogP contribution < -0.4 is 11.1 Å². The summed E-state index contributed by atoms with van der Waals surface area (Å²) in [5.41, 5.74) is 8.67. The van der Waals surface area contributed by atoms with Gasteiger partial charge in [0.1, 0.15) is 5.65 Å². The van der Waals surface area contributed by atoms with Crippen LogP contribution in [0.1, 0.15) is 11.1 Å². The maximum absolute atomic E-state index is 12.2. The quantitative estimate of drug-likeness (QED) is 0.609. The molecule has 0 fully saturated rings. The number of carbonyl (C=O) groups excluding carboxylic acids is 1. The van der Waals surface area contributed by atoms with E-state index in [1.165, 1.54) is 6.08 Å². The first-order valence-corrected chi connectivity index (χ1v) is 7.91. The Balaban J connectivity index is 1.63. The van der Waals surface area contributed by atoms with E-state index >= 15 is 0 Å². The largest absolute Gasteiger partial charge is 0.348 e. The molecule has 122 valence electrons. The van der Waals surface area contributed by atoms with Gasteiger partial charge in [0.15, 0.2) is 0 Å². The molecule has 0 saturated heterocycles. The molecule has 0 spiro atoms. The Morgan fingerprint density at radius 2 is 2.08 bits per heavy atom. The zero-order chi connectivity index (χ0) is 16.8. The summed E-state index contributed by atoms with van der Waals surface area (Å²) in [4.78, 5) is 19.5. The molecule has 0 aliphatic rings. The molecule has 0 radical (unpaired) electrons. The van der Waals surface area contributed by atoms with E-state index in [9.17, 15) is 4.79 Å². The van der Waals surface area contributed by atoms with Gasteiger partial charge < -0.3 is 16.0 Å². The first-order chi connectivity index (χ1) is 11.8. The summed E-state index contributed by atoms with van der Waals surface area (Å²) in [5, 5.41) is 3.94. The molecule has 0 unspecified atom stereocenters. The minimum absolute atomic E-state index is 0.0887. The third kappa shape index (κ3) is 3.88. The lowest BCUT2D eigenvalue weighted by Gasteiger charge is -2.15. The third-order valence-electron chi connectivity index (χ3n) is 3.85. The molecule has 3 rings (SSSR count). The monoisotopic (exact) mass is 320 g/mol. The van der Waals surface area contributed by atoms with Gasteiger partial charge in [0.2, 0.25) is 5.91 Å². The van der Waals surface area contributed by atoms with Crippen LogP contribution in [-0.2, 0) is 11.2 Å². The van der Waals surface area contributed by atoms with Crippen LogP contribution in [0.25, 0.3) is 17.1 Å². The second-order valence-corrected chi connectivity index (χ2v) is 5.61. The number of carbonyl (C=O) groups is 1. The lowest BCUT2D eigenvalue weighted by Crippen LogP contribution is -2.40. The molecule has 0 aliphatic heterocycles. The number of rotatable bonds is 6. The van der Waals surface area contributed by atoms with Crippen molar-refractivity contribution in [2.24, 2.45) is 5.73 Å². The summed E-state index contributed by atoms with van der Waals surface area (Å²) in [6.45, 7) is 0.394. The highest BCUT2D eigenvalue weighted by Crippen LogP contribution is 2.16. The van der Waals surface area contributed by atoms with Gasteiger partial charge in [-0.3, -0.25) is 4.79 Å². The van der Waals surface area contributed by atoms with Crippen molar-refractivity contribution in [1.82, 2.24) is 15.3 Å². The van der Waals surface area contributed by atoms with E-state index < -0.39 is 0 Å². The Labute approximate surface area is 140 Å². The van der Waals surface area contributed by atoms with E-state index in [-0.39, 0.29) is 11.9 Å². The zero-order valence-electron chi connectivity index (χ0n) is 13.3. The number of nitrogens with one attached hydrogen (secondary N) is 2. The van der Waals surface area contributed by atoms with Gasteiger partial charge in [-0.2, -0.15) is 0 Å². The number of nitrogens with two attached hydrogens (primary N) is 1. The van der Waals surface area contributed by atoms with E-state index in [1.54, 1.807) is 12.3 Å². The van der Waals surface area contributed by atoms with Gasteiger partial charge in [0.25, 0.3) is 0 Å². The minimum atomic E-state index is -0.153. The number of aromatic nitrogens is 2. The number of aromatic amines is 1. The van der Waals surface area contributed by atoms with Crippen molar-refractivity contribution >= 4 is 23.0 Å². The molecule has 0 saturated carbocycles. The molecule has 3 aromatic rings. The van der Waals surface area contributed by atoms with Gasteiger partial charge in [-0.05, 0) is 30.2 Å². The normalized spacial score (nSPS) is 12.5. The summed E-state index contributed by atoms with van der Waals surface area (Å²) >= 11 is 0. The van der Waals surface area contributed by atoms with Gasteiger partial charge in [0, 0.05) is 42.0 Å². The molecule has 2 heterocycles. The Hall–Kier alpha value is -2.92. The first kappa shape index (κ1) is 16.0. The van der Waals surface area contributed by atoms with Crippen LogP contribution in [0.15, 0.2) is 60.9 Å². The molecular weight excluding hydrogens is 300 g/mol. The number of benzene rings is 1. The van der Waals surface area contributed by atoms with E-state index in [2.05, 4.69) is 15.3 Å². The number of amides is 1. The van der Waals surface area contributed by atoms with Crippen molar-refractivity contribution < 1.29 is 4.79 Å². The van der Waals surface area contributed by atoms with Crippen LogP contribution in [0.4, 0.5) is 0 Å². The molecule has 0 aliphatic carbocycles. The van der Waals surface area contributed by atoms with Gasteiger partial charge in [-0.1, -0.05) is 30.3 Å². The number of nitrogens with zero attached hydrogens (tertiary/aromatic N) is 1. The van der Waals surface area contributed by atoms with E-state index in [0.29, 0.717) is 13.0 Å². The highest BCUT2D eigenvalue weighted by Gasteiger charge is 2.10. The number of pyridine rings is 1. The maximum Gasteiger partial charge on any atom is 0.244 e. The second-order valence-electron chi connectivity index (χ2n) is 5.61. The van der Waals surface area contributed by atoms with Gasteiger partial charge >= 0.3 is 0 Å². The Morgan fingerprint density at radius 1 is 1.25 bits per heavy atom. The van der Waals surface area contributed by atoms with Gasteiger partial charge in [-0.25, -0.2) is 4.98 Å². The predicted octanol–water partition coefficient (Wildman–Crippen LogP) is 2.26. The van der Waals surface area contributed by atoms with E-state index in [4.69, 9.17) is 5.73 Å². The fraction of sp³-hybridized carbons (Fsp3) is 0.158. The van der Waals surface area contributed by atoms with Crippen molar-refractivity contribution in [1.29, 1.82) is 0 Å². The molecule has 1 aromatic carbocycles. The summed E-state index contributed by atoms with van der Waals surface area (Å²) in [6.07, 6.45) is 7.60. The van der Waals surface area contributed by atoms with Crippen molar-refractivity contribution in [2.75, 3.05) is 6.54 Å². The average molecular weight is 320 g/mol. The lowest BCUT2D eigenvalue weighted by molar-refractivity contribution is -0.117. The predicted molar refractivity (Wildman–Crippen MR) is 96.3 cm³/mol. The number of hydrogen-bond donors (Lipinski definition) is 3. The molecule has 24 heavy (non-hydrogen) atoms. The molecular formula is C19H20N4O. The summed E-state index contributed by atoms with van der Waals surface area (Å²) < 4.78 is 0. The summed E-state index contributed by atoms with van der Waals surface area (Å²) in [5.74, 6) is -0.153. The van der Waals surface area contributed by atoms with Crippen LogP contribution in [0, 0.1) is 0 Å². The molecule has 0 bridgehead atoms. The molecule has 5 heteroatoms. The molecule has 1 atom stereocenters. The maximum atomic E-state index is 12.2. The third-order valence-corrected chi connectivity index (χ3v) is 3.85. The Morgan fingerprint density at radius 3 is 2.88 bits per heavy atom. The summed E-state index contributed by atoms with van der Waals surface area (Å²) in [6, 6.07) is 13.7. The molecule has 5 nitrogen and oxygen atoms in total. The zero-order valence-corrected chi connectivity index (χ0v) is 13.3. The molecule has 4 N–H and O–H groups in total. The highest BCUT2D eigenvalue weighted by atomic mass is 16.1.